The summed E-state index contributed by atoms with van der Waals surface area (Å²) in [7, 11) is 3.43. The number of benzene rings is 9. The molecule has 0 atom stereocenters. The molecule has 1 aliphatic rings. The maximum absolute atomic E-state index is 5.50. The summed E-state index contributed by atoms with van der Waals surface area (Å²) in [6.45, 7) is 0. The van der Waals surface area contributed by atoms with E-state index < -0.39 is 0 Å². The van der Waals surface area contributed by atoms with Crippen LogP contribution in [0, 0.1) is 0 Å². The Kier molecular flexibility index (Phi) is 7.51. The minimum Gasteiger partial charge on any atom is -0.497 e. The van der Waals surface area contributed by atoms with Crippen molar-refractivity contribution in [2.75, 3.05) is 14.2 Å². The van der Waals surface area contributed by atoms with Gasteiger partial charge in [-0.05, 0) is 118 Å². The zero-order chi connectivity index (χ0) is 35.5. The molecule has 2 nitrogen and oxygen atoms in total. The molecule has 0 aliphatic heterocycles. The van der Waals surface area contributed by atoms with Gasteiger partial charge in [-0.15, -0.1) is 0 Å². The highest BCUT2D eigenvalue weighted by atomic mass is 16.5. The lowest BCUT2D eigenvalue weighted by Crippen LogP contribution is -2.06. The predicted molar refractivity (Wildman–Crippen MR) is 221 cm³/mol. The lowest BCUT2D eigenvalue weighted by molar-refractivity contribution is 0.414. The Morgan fingerprint density at radius 3 is 1.08 bits per heavy atom. The molecule has 2 heteroatoms. The van der Waals surface area contributed by atoms with E-state index in [1.54, 1.807) is 14.2 Å². The molecule has 9 aromatic rings. The zero-order valence-corrected chi connectivity index (χ0v) is 29.8. The van der Waals surface area contributed by atoms with Crippen molar-refractivity contribution in [2.45, 2.75) is 18.3 Å². The topological polar surface area (TPSA) is 18.5 Å². The van der Waals surface area contributed by atoms with Crippen LogP contribution in [0.3, 0.4) is 0 Å². The van der Waals surface area contributed by atoms with Crippen LogP contribution in [0.5, 0.6) is 11.5 Å². The van der Waals surface area contributed by atoms with Crippen molar-refractivity contribution in [3.63, 3.8) is 0 Å². The standard InChI is InChI=1S/C51H38O2/c1-52-36-27-23-34(24-28-36)47(35-25-29-37(53-2)30-26-35)33-21-19-32(20-22-33)31-46-48-42-15-7-3-11-38(42)40-13-5-9-17-44(40)50(48)51-45-18-10-6-14-41(45)39-12-4-8-16-43(39)49(46)51/h3-30,46-47H,31H2,1-2H3. The van der Waals surface area contributed by atoms with Crippen LogP contribution >= 0.6 is 0 Å². The van der Waals surface area contributed by atoms with E-state index in [9.17, 15) is 0 Å². The molecular formula is C51H38O2. The summed E-state index contributed by atoms with van der Waals surface area (Å²) in [5.74, 6) is 1.97. The van der Waals surface area contributed by atoms with Gasteiger partial charge in [0.2, 0.25) is 0 Å². The second kappa shape index (κ2) is 12.7. The molecule has 0 heterocycles. The van der Waals surface area contributed by atoms with Gasteiger partial charge in [0.25, 0.3) is 0 Å². The molecule has 0 radical (unpaired) electrons. The molecule has 0 spiro atoms. The molecule has 1 aliphatic carbocycles. The normalized spacial score (nSPS) is 12.5. The van der Waals surface area contributed by atoms with Crippen molar-refractivity contribution in [1.82, 2.24) is 0 Å². The van der Waals surface area contributed by atoms with Crippen LogP contribution in [0.15, 0.2) is 170 Å². The van der Waals surface area contributed by atoms with E-state index in [4.69, 9.17) is 9.47 Å². The average Bonchev–Trinajstić information content (AvgIpc) is 3.57. The number of ether oxygens (including phenoxy) is 2. The van der Waals surface area contributed by atoms with Gasteiger partial charge in [-0.2, -0.15) is 0 Å². The fourth-order valence-corrected chi connectivity index (χ4v) is 9.20. The van der Waals surface area contributed by atoms with Crippen LogP contribution in [0.4, 0.5) is 0 Å². The van der Waals surface area contributed by atoms with Crippen molar-refractivity contribution >= 4 is 43.1 Å². The van der Waals surface area contributed by atoms with Crippen molar-refractivity contribution in [3.05, 3.63) is 203 Å². The summed E-state index contributed by atoms with van der Waals surface area (Å²) in [6.07, 6.45) is 0.903. The van der Waals surface area contributed by atoms with Gasteiger partial charge in [0.1, 0.15) is 11.5 Å². The van der Waals surface area contributed by atoms with Crippen LogP contribution in [0.2, 0.25) is 0 Å². The van der Waals surface area contributed by atoms with Crippen molar-refractivity contribution in [2.24, 2.45) is 0 Å². The van der Waals surface area contributed by atoms with E-state index in [-0.39, 0.29) is 11.8 Å². The maximum atomic E-state index is 5.50. The van der Waals surface area contributed by atoms with Gasteiger partial charge >= 0.3 is 0 Å². The van der Waals surface area contributed by atoms with E-state index in [2.05, 4.69) is 170 Å². The molecule has 0 N–H and O–H groups in total. The van der Waals surface area contributed by atoms with E-state index in [0.717, 1.165) is 17.9 Å². The largest absolute Gasteiger partial charge is 0.497 e. The molecule has 0 saturated heterocycles. The highest BCUT2D eigenvalue weighted by Gasteiger charge is 2.35. The van der Waals surface area contributed by atoms with Crippen LogP contribution in [-0.4, -0.2) is 14.2 Å². The quantitative estimate of drug-likeness (QED) is 0.123. The molecule has 0 amide bonds. The summed E-state index contributed by atoms with van der Waals surface area (Å²) >= 11 is 0. The lowest BCUT2D eigenvalue weighted by atomic mass is 9.82. The Hall–Kier alpha value is -6.38. The Morgan fingerprint density at radius 2 is 0.698 bits per heavy atom. The summed E-state index contributed by atoms with van der Waals surface area (Å²) < 4.78 is 11.0. The summed E-state index contributed by atoms with van der Waals surface area (Å²) in [5, 5.41) is 10.7. The first-order chi connectivity index (χ1) is 26.2. The van der Waals surface area contributed by atoms with Crippen LogP contribution < -0.4 is 9.47 Å². The number of hydrogen-bond acceptors (Lipinski definition) is 2. The first-order valence-electron chi connectivity index (χ1n) is 18.5. The Morgan fingerprint density at radius 1 is 0.377 bits per heavy atom. The van der Waals surface area contributed by atoms with E-state index in [1.807, 2.05) is 0 Å². The molecule has 0 bridgehead atoms. The van der Waals surface area contributed by atoms with Crippen LogP contribution in [-0.2, 0) is 6.42 Å². The molecule has 0 unspecified atom stereocenters. The molecule has 53 heavy (non-hydrogen) atoms. The number of rotatable bonds is 7. The lowest BCUT2D eigenvalue weighted by Gasteiger charge is -2.21. The van der Waals surface area contributed by atoms with Crippen molar-refractivity contribution < 1.29 is 9.47 Å². The molecule has 254 valence electrons. The number of hydrogen-bond donors (Lipinski definition) is 0. The molecule has 0 saturated carbocycles. The Labute approximate surface area is 309 Å². The Balaban J connectivity index is 1.16. The second-order valence-electron chi connectivity index (χ2n) is 14.2. The summed E-state index contributed by atoms with van der Waals surface area (Å²) in [6, 6.07) is 62.5. The highest BCUT2D eigenvalue weighted by Crippen LogP contribution is 2.57. The molecule has 9 aromatic carbocycles. The SMILES string of the molecule is COc1ccc(C(c2ccc(CC3c4c(c5ccccc5c5ccccc45)-c4c3c3ccccc3c3ccccc43)cc2)c2ccc(OC)cc2)cc1. The van der Waals surface area contributed by atoms with Crippen molar-refractivity contribution in [3.8, 4) is 22.6 Å². The Bertz CT molecular complexity index is 2640. The number of methoxy groups -OCH3 is 2. The van der Waals surface area contributed by atoms with Gasteiger partial charge in [0, 0.05) is 11.8 Å². The molecule has 0 aromatic heterocycles. The van der Waals surface area contributed by atoms with Gasteiger partial charge in [-0.3, -0.25) is 0 Å². The zero-order valence-electron chi connectivity index (χ0n) is 29.8. The van der Waals surface area contributed by atoms with Crippen LogP contribution in [0.25, 0.3) is 54.2 Å². The first kappa shape index (κ1) is 31.4. The van der Waals surface area contributed by atoms with E-state index in [0.29, 0.717) is 0 Å². The third-order valence-electron chi connectivity index (χ3n) is 11.5. The smallest absolute Gasteiger partial charge is 0.118 e. The van der Waals surface area contributed by atoms with Gasteiger partial charge in [0.15, 0.2) is 0 Å². The third-order valence-corrected chi connectivity index (χ3v) is 11.5. The monoisotopic (exact) mass is 682 g/mol. The van der Waals surface area contributed by atoms with E-state index >= 15 is 0 Å². The second-order valence-corrected chi connectivity index (χ2v) is 14.2. The van der Waals surface area contributed by atoms with Gasteiger partial charge in [-0.1, -0.05) is 146 Å². The average molecular weight is 683 g/mol. The minimum absolute atomic E-state index is 0.0689. The maximum Gasteiger partial charge on any atom is 0.118 e. The minimum atomic E-state index is 0.0689. The fourth-order valence-electron chi connectivity index (χ4n) is 9.20. The molecule has 0 fully saturated rings. The fraction of sp³-hybridized carbons (Fsp3) is 0.0980. The highest BCUT2D eigenvalue weighted by molar-refractivity contribution is 6.25. The van der Waals surface area contributed by atoms with Crippen molar-refractivity contribution in [1.29, 1.82) is 0 Å². The van der Waals surface area contributed by atoms with Gasteiger partial charge in [-0.25, -0.2) is 0 Å². The van der Waals surface area contributed by atoms with Crippen LogP contribution in [0.1, 0.15) is 45.2 Å². The van der Waals surface area contributed by atoms with Gasteiger partial charge < -0.3 is 9.47 Å². The first-order valence-corrected chi connectivity index (χ1v) is 18.5. The summed E-state index contributed by atoms with van der Waals surface area (Å²) in [4.78, 5) is 0. The number of fused-ring (bicyclic) bond motifs is 13. The predicted octanol–water partition coefficient (Wildman–Crippen LogP) is 12.9. The summed E-state index contributed by atoms with van der Waals surface area (Å²) in [5.41, 5.74) is 10.7. The molecule has 10 rings (SSSR count). The third kappa shape index (κ3) is 5.01. The van der Waals surface area contributed by atoms with E-state index in [1.165, 1.54) is 87.6 Å². The van der Waals surface area contributed by atoms with Gasteiger partial charge in [0.05, 0.1) is 14.2 Å². The molecular weight excluding hydrogens is 645 g/mol.